The lowest BCUT2D eigenvalue weighted by molar-refractivity contribution is -0.137. The summed E-state index contributed by atoms with van der Waals surface area (Å²) in [4.78, 5) is 17.3. The Labute approximate surface area is 110 Å². The van der Waals surface area contributed by atoms with E-state index in [1.807, 2.05) is 0 Å². The van der Waals surface area contributed by atoms with E-state index >= 15 is 0 Å². The molecule has 1 aromatic heterocycles. The van der Waals surface area contributed by atoms with Gasteiger partial charge in [-0.05, 0) is 18.2 Å². The standard InChI is InChI=1S/C12H9F4N3O/c13-6-1-2-9(12(14,15)16)8(3-6)11-18-7(5-17)4-10(20)19-11/h1-4H,5,17H2,(H,18,19,20). The molecule has 8 heteroatoms. The predicted molar refractivity (Wildman–Crippen MR) is 63.1 cm³/mol. The van der Waals surface area contributed by atoms with Gasteiger partial charge in [0, 0.05) is 18.2 Å². The smallest absolute Gasteiger partial charge is 0.325 e. The molecule has 0 aliphatic rings. The van der Waals surface area contributed by atoms with Crippen LogP contribution in [0.25, 0.3) is 11.4 Å². The highest BCUT2D eigenvalue weighted by Crippen LogP contribution is 2.36. The SMILES string of the molecule is NCc1cc(=O)[nH]c(-c2cc(F)ccc2C(F)(F)F)n1. The van der Waals surface area contributed by atoms with Crippen LogP contribution >= 0.6 is 0 Å². The third-order valence-corrected chi connectivity index (χ3v) is 2.55. The lowest BCUT2D eigenvalue weighted by Gasteiger charge is -2.12. The molecule has 0 saturated heterocycles. The van der Waals surface area contributed by atoms with E-state index in [1.165, 1.54) is 0 Å². The molecule has 3 N–H and O–H groups in total. The average molecular weight is 287 g/mol. The van der Waals surface area contributed by atoms with Crippen LogP contribution in [0.3, 0.4) is 0 Å². The van der Waals surface area contributed by atoms with E-state index in [4.69, 9.17) is 5.73 Å². The van der Waals surface area contributed by atoms with Gasteiger partial charge in [-0.15, -0.1) is 0 Å². The van der Waals surface area contributed by atoms with Gasteiger partial charge < -0.3 is 10.7 Å². The molecule has 4 nitrogen and oxygen atoms in total. The number of nitrogens with zero attached hydrogens (tertiary/aromatic N) is 1. The van der Waals surface area contributed by atoms with E-state index in [1.54, 1.807) is 0 Å². The minimum atomic E-state index is -4.69. The molecule has 0 aliphatic heterocycles. The fraction of sp³-hybridized carbons (Fsp3) is 0.167. The number of H-pyrrole nitrogens is 1. The second kappa shape index (κ2) is 5.04. The number of hydrogen-bond acceptors (Lipinski definition) is 3. The molecular weight excluding hydrogens is 278 g/mol. The van der Waals surface area contributed by atoms with Crippen molar-refractivity contribution in [2.75, 3.05) is 0 Å². The van der Waals surface area contributed by atoms with Gasteiger partial charge >= 0.3 is 6.18 Å². The molecule has 0 fully saturated rings. The fourth-order valence-corrected chi connectivity index (χ4v) is 1.70. The van der Waals surface area contributed by atoms with Crippen molar-refractivity contribution in [2.45, 2.75) is 12.7 Å². The van der Waals surface area contributed by atoms with Crippen LogP contribution in [0.15, 0.2) is 29.1 Å². The summed E-state index contributed by atoms with van der Waals surface area (Å²) in [7, 11) is 0. The normalized spacial score (nSPS) is 11.7. The minimum absolute atomic E-state index is 0.112. The highest BCUT2D eigenvalue weighted by Gasteiger charge is 2.34. The van der Waals surface area contributed by atoms with E-state index in [2.05, 4.69) is 9.97 Å². The molecule has 0 atom stereocenters. The van der Waals surface area contributed by atoms with Crippen molar-refractivity contribution in [3.05, 3.63) is 51.7 Å². The van der Waals surface area contributed by atoms with Crippen molar-refractivity contribution in [1.82, 2.24) is 9.97 Å². The van der Waals surface area contributed by atoms with Crippen LogP contribution in [0.4, 0.5) is 17.6 Å². The van der Waals surface area contributed by atoms with Gasteiger partial charge in [-0.25, -0.2) is 9.37 Å². The van der Waals surface area contributed by atoms with Gasteiger partial charge in [-0.3, -0.25) is 4.79 Å². The second-order valence-electron chi connectivity index (χ2n) is 3.98. The first-order valence-electron chi connectivity index (χ1n) is 5.48. The van der Waals surface area contributed by atoms with Crippen LogP contribution in [-0.2, 0) is 12.7 Å². The van der Waals surface area contributed by atoms with E-state index < -0.39 is 28.7 Å². The zero-order valence-electron chi connectivity index (χ0n) is 9.96. The quantitative estimate of drug-likeness (QED) is 0.830. The first-order valence-corrected chi connectivity index (χ1v) is 5.48. The van der Waals surface area contributed by atoms with E-state index in [0.29, 0.717) is 18.2 Å². The molecule has 106 valence electrons. The van der Waals surface area contributed by atoms with Crippen LogP contribution in [-0.4, -0.2) is 9.97 Å². The number of benzene rings is 1. The molecule has 1 aromatic carbocycles. The Morgan fingerprint density at radius 2 is 1.95 bits per heavy atom. The molecule has 0 saturated carbocycles. The summed E-state index contributed by atoms with van der Waals surface area (Å²) in [5.74, 6) is -1.24. The third kappa shape index (κ3) is 2.85. The number of aromatic amines is 1. The molecule has 0 aliphatic carbocycles. The van der Waals surface area contributed by atoms with E-state index in [9.17, 15) is 22.4 Å². The van der Waals surface area contributed by atoms with Crippen molar-refractivity contribution in [3.63, 3.8) is 0 Å². The number of halogens is 4. The van der Waals surface area contributed by atoms with Crippen LogP contribution in [0.2, 0.25) is 0 Å². The molecule has 0 bridgehead atoms. The lowest BCUT2D eigenvalue weighted by Crippen LogP contribution is -2.15. The van der Waals surface area contributed by atoms with Crippen molar-refractivity contribution >= 4 is 0 Å². The summed E-state index contributed by atoms with van der Waals surface area (Å²) in [5, 5.41) is 0. The highest BCUT2D eigenvalue weighted by atomic mass is 19.4. The van der Waals surface area contributed by atoms with Gasteiger partial charge in [0.15, 0.2) is 0 Å². The van der Waals surface area contributed by atoms with Gasteiger partial charge in [0.25, 0.3) is 5.56 Å². The third-order valence-electron chi connectivity index (χ3n) is 2.55. The number of nitrogens with one attached hydrogen (secondary N) is 1. The van der Waals surface area contributed by atoms with Gasteiger partial charge in [-0.1, -0.05) is 0 Å². The van der Waals surface area contributed by atoms with Gasteiger partial charge in [0.05, 0.1) is 11.3 Å². The van der Waals surface area contributed by atoms with Crippen molar-refractivity contribution in [3.8, 4) is 11.4 Å². The maximum atomic E-state index is 13.2. The summed E-state index contributed by atoms with van der Waals surface area (Å²) >= 11 is 0. The van der Waals surface area contributed by atoms with Crippen molar-refractivity contribution in [1.29, 1.82) is 0 Å². The van der Waals surface area contributed by atoms with E-state index in [0.717, 1.165) is 6.07 Å². The van der Waals surface area contributed by atoms with Gasteiger partial charge in [-0.2, -0.15) is 13.2 Å². The summed E-state index contributed by atoms with van der Waals surface area (Å²) in [6.45, 7) is -0.117. The van der Waals surface area contributed by atoms with Crippen LogP contribution < -0.4 is 11.3 Å². The van der Waals surface area contributed by atoms with Crippen LogP contribution in [0.5, 0.6) is 0 Å². The zero-order chi connectivity index (χ0) is 14.9. The molecule has 2 rings (SSSR count). The Balaban J connectivity index is 2.71. The first-order chi connectivity index (χ1) is 9.31. The molecule has 0 amide bonds. The minimum Gasteiger partial charge on any atom is -0.325 e. The average Bonchev–Trinajstić information content (AvgIpc) is 2.36. The number of nitrogens with two attached hydrogens (primary N) is 1. The molecular formula is C12H9F4N3O. The maximum Gasteiger partial charge on any atom is 0.417 e. The number of hydrogen-bond donors (Lipinski definition) is 2. The summed E-state index contributed by atoms with van der Waals surface area (Å²) in [6, 6.07) is 3.02. The first kappa shape index (κ1) is 14.2. The van der Waals surface area contributed by atoms with Crippen molar-refractivity contribution in [2.24, 2.45) is 5.73 Å². The maximum absolute atomic E-state index is 13.2. The fourth-order valence-electron chi connectivity index (χ4n) is 1.70. The molecule has 20 heavy (non-hydrogen) atoms. The number of aromatic nitrogens is 2. The van der Waals surface area contributed by atoms with Gasteiger partial charge in [0.2, 0.25) is 0 Å². The monoisotopic (exact) mass is 287 g/mol. The Morgan fingerprint density at radius 3 is 2.55 bits per heavy atom. The largest absolute Gasteiger partial charge is 0.417 e. The summed E-state index contributed by atoms with van der Waals surface area (Å²) < 4.78 is 51.8. The summed E-state index contributed by atoms with van der Waals surface area (Å²) in [6.07, 6.45) is -4.69. The molecule has 2 aromatic rings. The number of rotatable bonds is 2. The molecule has 0 radical (unpaired) electrons. The molecule has 1 heterocycles. The predicted octanol–water partition coefficient (Wildman–Crippen LogP) is 2.05. The molecule has 0 unspecified atom stereocenters. The Hall–Kier alpha value is -2.22. The Morgan fingerprint density at radius 1 is 1.25 bits per heavy atom. The topological polar surface area (TPSA) is 71.8 Å². The number of alkyl halides is 3. The molecule has 0 spiro atoms. The summed E-state index contributed by atoms with van der Waals surface area (Å²) in [5.41, 5.74) is 3.14. The zero-order valence-corrected chi connectivity index (χ0v) is 9.96. The van der Waals surface area contributed by atoms with E-state index in [-0.39, 0.29) is 18.1 Å². The highest BCUT2D eigenvalue weighted by molar-refractivity contribution is 5.61. The lowest BCUT2D eigenvalue weighted by atomic mass is 10.1. The van der Waals surface area contributed by atoms with Crippen LogP contribution in [0, 0.1) is 5.82 Å². The Bertz CT molecular complexity index is 694. The second-order valence-corrected chi connectivity index (χ2v) is 3.98. The van der Waals surface area contributed by atoms with Gasteiger partial charge in [0.1, 0.15) is 11.6 Å². The Kier molecular flexibility index (Phi) is 3.58. The van der Waals surface area contributed by atoms with Crippen molar-refractivity contribution < 1.29 is 17.6 Å². The van der Waals surface area contributed by atoms with Crippen LogP contribution in [0.1, 0.15) is 11.3 Å².